The molecule has 6 nitrogen and oxygen atoms in total. The highest BCUT2D eigenvalue weighted by atomic mass is 16.2. The molecule has 3 N–H and O–H groups in total. The average Bonchev–Trinajstić information content (AvgIpc) is 2.26. The third-order valence-electron chi connectivity index (χ3n) is 2.67. The monoisotopic (exact) mass is 227 g/mol. The van der Waals surface area contributed by atoms with E-state index in [0.717, 1.165) is 12.8 Å². The normalized spacial score (nSPS) is 20.3. The zero-order chi connectivity index (χ0) is 12.1. The summed E-state index contributed by atoms with van der Waals surface area (Å²) in [7, 11) is 0. The summed E-state index contributed by atoms with van der Waals surface area (Å²) < 4.78 is 0. The Labute approximate surface area is 94.2 Å². The highest BCUT2D eigenvalue weighted by Crippen LogP contribution is 2.15. The van der Waals surface area contributed by atoms with Crippen LogP contribution < -0.4 is 11.1 Å². The maximum atomic E-state index is 11.6. The molecule has 0 aromatic carbocycles. The SMILES string of the molecule is CC(=O)NCC(=O)N1CCC[C@H](C(N)=O)C1. The Kier molecular flexibility index (Phi) is 4.28. The molecule has 0 aliphatic carbocycles. The Bertz CT molecular complexity index is 304. The molecule has 0 saturated carbocycles. The number of rotatable bonds is 3. The predicted octanol–water partition coefficient (Wildman–Crippen LogP) is -1.15. The van der Waals surface area contributed by atoms with Crippen LogP contribution >= 0.6 is 0 Å². The third-order valence-corrected chi connectivity index (χ3v) is 2.67. The number of amides is 3. The molecule has 1 rings (SSSR count). The lowest BCUT2D eigenvalue weighted by Gasteiger charge is -2.31. The van der Waals surface area contributed by atoms with Crippen LogP contribution in [0, 0.1) is 5.92 Å². The summed E-state index contributed by atoms with van der Waals surface area (Å²) in [5.41, 5.74) is 5.21. The highest BCUT2D eigenvalue weighted by molar-refractivity contribution is 5.84. The number of nitrogens with zero attached hydrogens (tertiary/aromatic N) is 1. The van der Waals surface area contributed by atoms with E-state index in [0.29, 0.717) is 13.1 Å². The van der Waals surface area contributed by atoms with Crippen molar-refractivity contribution in [2.24, 2.45) is 11.7 Å². The minimum atomic E-state index is -0.364. The minimum Gasteiger partial charge on any atom is -0.369 e. The van der Waals surface area contributed by atoms with Crippen LogP contribution in [-0.2, 0) is 14.4 Å². The Morgan fingerprint density at radius 1 is 1.44 bits per heavy atom. The van der Waals surface area contributed by atoms with Gasteiger partial charge in [0.15, 0.2) is 0 Å². The van der Waals surface area contributed by atoms with Crippen molar-refractivity contribution >= 4 is 17.7 Å². The van der Waals surface area contributed by atoms with Gasteiger partial charge < -0.3 is 16.0 Å². The van der Waals surface area contributed by atoms with Crippen LogP contribution in [0.1, 0.15) is 19.8 Å². The van der Waals surface area contributed by atoms with Gasteiger partial charge >= 0.3 is 0 Å². The second-order valence-electron chi connectivity index (χ2n) is 3.99. The number of carbonyl (C=O) groups excluding carboxylic acids is 3. The van der Waals surface area contributed by atoms with Gasteiger partial charge in [-0.05, 0) is 12.8 Å². The molecule has 0 spiro atoms. The molecule has 6 heteroatoms. The largest absolute Gasteiger partial charge is 0.369 e. The molecule has 3 amide bonds. The van der Waals surface area contributed by atoms with Gasteiger partial charge in [-0.1, -0.05) is 0 Å². The minimum absolute atomic E-state index is 0.0131. The van der Waals surface area contributed by atoms with Crippen molar-refractivity contribution in [3.63, 3.8) is 0 Å². The van der Waals surface area contributed by atoms with Crippen LogP contribution in [0.4, 0.5) is 0 Å². The number of piperidine rings is 1. The fourth-order valence-electron chi connectivity index (χ4n) is 1.75. The summed E-state index contributed by atoms with van der Waals surface area (Å²) in [6.07, 6.45) is 1.51. The van der Waals surface area contributed by atoms with E-state index in [9.17, 15) is 14.4 Å². The molecule has 1 heterocycles. The van der Waals surface area contributed by atoms with Crippen molar-refractivity contribution in [3.8, 4) is 0 Å². The molecule has 1 aliphatic rings. The average molecular weight is 227 g/mol. The van der Waals surface area contributed by atoms with Crippen LogP contribution in [0.3, 0.4) is 0 Å². The first-order chi connectivity index (χ1) is 7.50. The number of nitrogens with one attached hydrogen (secondary N) is 1. The number of carbonyl (C=O) groups is 3. The highest BCUT2D eigenvalue weighted by Gasteiger charge is 2.26. The van der Waals surface area contributed by atoms with Crippen LogP contribution in [-0.4, -0.2) is 42.3 Å². The summed E-state index contributed by atoms with van der Waals surface area (Å²) in [5.74, 6) is -1.02. The Morgan fingerprint density at radius 3 is 2.69 bits per heavy atom. The van der Waals surface area contributed by atoms with E-state index in [4.69, 9.17) is 5.73 Å². The number of nitrogens with two attached hydrogens (primary N) is 1. The Morgan fingerprint density at radius 2 is 2.12 bits per heavy atom. The number of hydrogen-bond donors (Lipinski definition) is 2. The maximum Gasteiger partial charge on any atom is 0.241 e. The summed E-state index contributed by atoms with van der Waals surface area (Å²) in [4.78, 5) is 34.9. The van der Waals surface area contributed by atoms with E-state index in [-0.39, 0.29) is 30.2 Å². The predicted molar refractivity (Wildman–Crippen MR) is 57.2 cm³/mol. The lowest BCUT2D eigenvalue weighted by Crippen LogP contribution is -2.47. The summed E-state index contributed by atoms with van der Waals surface area (Å²) in [6, 6.07) is 0. The molecule has 16 heavy (non-hydrogen) atoms. The quantitative estimate of drug-likeness (QED) is 0.637. The smallest absolute Gasteiger partial charge is 0.241 e. The van der Waals surface area contributed by atoms with Crippen LogP contribution in [0.15, 0.2) is 0 Å². The molecule has 90 valence electrons. The topological polar surface area (TPSA) is 92.5 Å². The fraction of sp³-hybridized carbons (Fsp3) is 0.700. The van der Waals surface area contributed by atoms with Crippen LogP contribution in [0.25, 0.3) is 0 Å². The summed E-state index contributed by atoms with van der Waals surface area (Å²) >= 11 is 0. The van der Waals surface area contributed by atoms with Gasteiger partial charge in [0.1, 0.15) is 0 Å². The number of primary amides is 1. The zero-order valence-electron chi connectivity index (χ0n) is 9.36. The molecule has 0 aromatic heterocycles. The lowest BCUT2D eigenvalue weighted by molar-refractivity contribution is -0.135. The molecular weight excluding hydrogens is 210 g/mol. The first-order valence-corrected chi connectivity index (χ1v) is 5.32. The van der Waals surface area contributed by atoms with Crippen molar-refractivity contribution in [1.82, 2.24) is 10.2 Å². The molecular formula is C10H17N3O3. The summed E-state index contributed by atoms with van der Waals surface area (Å²) in [5, 5.41) is 2.44. The lowest BCUT2D eigenvalue weighted by atomic mass is 9.97. The van der Waals surface area contributed by atoms with Gasteiger partial charge in [-0.2, -0.15) is 0 Å². The zero-order valence-corrected chi connectivity index (χ0v) is 9.36. The van der Waals surface area contributed by atoms with E-state index in [1.54, 1.807) is 4.90 Å². The maximum absolute atomic E-state index is 11.6. The van der Waals surface area contributed by atoms with Gasteiger partial charge in [0.2, 0.25) is 17.7 Å². The number of hydrogen-bond acceptors (Lipinski definition) is 3. The fourth-order valence-corrected chi connectivity index (χ4v) is 1.75. The Hall–Kier alpha value is -1.59. The van der Waals surface area contributed by atoms with E-state index < -0.39 is 0 Å². The van der Waals surface area contributed by atoms with Gasteiger partial charge in [0.05, 0.1) is 12.5 Å². The molecule has 0 unspecified atom stereocenters. The molecule has 0 bridgehead atoms. The standard InChI is InChI=1S/C10H17N3O3/c1-7(14)12-5-9(15)13-4-2-3-8(6-13)10(11)16/h8H,2-6H2,1H3,(H2,11,16)(H,12,14)/t8-/m0/s1. The van der Waals surface area contributed by atoms with E-state index in [1.807, 2.05) is 0 Å². The third kappa shape index (κ3) is 3.52. The molecule has 1 fully saturated rings. The molecule has 0 radical (unpaired) electrons. The van der Waals surface area contributed by atoms with Gasteiger partial charge in [-0.15, -0.1) is 0 Å². The van der Waals surface area contributed by atoms with E-state index in [1.165, 1.54) is 6.92 Å². The first kappa shape index (κ1) is 12.5. The van der Waals surface area contributed by atoms with Gasteiger partial charge in [-0.3, -0.25) is 14.4 Å². The summed E-state index contributed by atoms with van der Waals surface area (Å²) in [6.45, 7) is 2.34. The van der Waals surface area contributed by atoms with Gasteiger partial charge in [0, 0.05) is 20.0 Å². The second-order valence-corrected chi connectivity index (χ2v) is 3.99. The first-order valence-electron chi connectivity index (χ1n) is 5.32. The van der Waals surface area contributed by atoms with Crippen molar-refractivity contribution < 1.29 is 14.4 Å². The van der Waals surface area contributed by atoms with E-state index in [2.05, 4.69) is 5.32 Å². The second kappa shape index (κ2) is 5.48. The van der Waals surface area contributed by atoms with E-state index >= 15 is 0 Å². The molecule has 0 aromatic rings. The van der Waals surface area contributed by atoms with Crippen molar-refractivity contribution in [1.29, 1.82) is 0 Å². The van der Waals surface area contributed by atoms with Crippen molar-refractivity contribution in [2.75, 3.05) is 19.6 Å². The Balaban J connectivity index is 2.43. The van der Waals surface area contributed by atoms with Crippen molar-refractivity contribution in [2.45, 2.75) is 19.8 Å². The molecule has 1 aliphatic heterocycles. The number of likely N-dealkylation sites (tertiary alicyclic amines) is 1. The van der Waals surface area contributed by atoms with Crippen molar-refractivity contribution in [3.05, 3.63) is 0 Å². The molecule has 1 saturated heterocycles. The van der Waals surface area contributed by atoms with Crippen LogP contribution in [0.5, 0.6) is 0 Å². The van der Waals surface area contributed by atoms with Gasteiger partial charge in [0.25, 0.3) is 0 Å². The van der Waals surface area contributed by atoms with Gasteiger partial charge in [-0.25, -0.2) is 0 Å². The molecule has 1 atom stereocenters. The van der Waals surface area contributed by atoms with Crippen LogP contribution in [0.2, 0.25) is 0 Å².